The fraction of sp³-hybridized carbons (Fsp3) is 0.286. The molecule has 1 heterocycles. The number of aliphatic carboxylic acids is 1. The summed E-state index contributed by atoms with van der Waals surface area (Å²) >= 11 is 0. The van der Waals surface area contributed by atoms with Crippen LogP contribution in [0.1, 0.15) is 33.4 Å². The van der Waals surface area contributed by atoms with Crippen LogP contribution in [0.4, 0.5) is 0 Å². The molecule has 0 amide bonds. The third-order valence-electron chi connectivity index (χ3n) is 7.68. The van der Waals surface area contributed by atoms with Gasteiger partial charge in [0.1, 0.15) is 44.0 Å². The lowest BCUT2D eigenvalue weighted by Crippen LogP contribution is -2.39. The van der Waals surface area contributed by atoms with E-state index in [-0.39, 0.29) is 6.54 Å². The molecule has 230 valence electrons. The molecule has 5 rings (SSSR count). The first-order valence-corrected chi connectivity index (χ1v) is 14.6. The van der Waals surface area contributed by atoms with Crippen molar-refractivity contribution in [1.29, 1.82) is 0 Å². The van der Waals surface area contributed by atoms with Crippen molar-refractivity contribution in [1.82, 2.24) is 5.32 Å². The summed E-state index contributed by atoms with van der Waals surface area (Å²) in [6.45, 7) is 5.83. The number of carbonyl (C=O) groups is 1. The second kappa shape index (κ2) is 14.3. The lowest BCUT2D eigenvalue weighted by molar-refractivity contribution is -0.140. The normalized spacial score (nSPS) is 12.9. The van der Waals surface area contributed by atoms with E-state index in [1.807, 2.05) is 73.7 Å². The molecule has 4 aromatic carbocycles. The predicted octanol–water partition coefficient (Wildman–Crippen LogP) is 4.89. The number of nitrogens with one attached hydrogen (secondary N) is 1. The smallest absolute Gasteiger partial charge is 0.323 e. The van der Waals surface area contributed by atoms with E-state index in [9.17, 15) is 15.0 Å². The Morgan fingerprint density at radius 3 is 2.41 bits per heavy atom. The fourth-order valence-corrected chi connectivity index (χ4v) is 5.15. The van der Waals surface area contributed by atoms with Crippen LogP contribution in [0.15, 0.2) is 72.8 Å². The molecule has 1 aliphatic rings. The van der Waals surface area contributed by atoms with Gasteiger partial charge in [-0.1, -0.05) is 48.5 Å². The van der Waals surface area contributed by atoms with E-state index in [0.717, 1.165) is 56.0 Å². The number of hydrogen-bond donors (Lipinski definition) is 4. The summed E-state index contributed by atoms with van der Waals surface area (Å²) in [5.41, 5.74) is 13.7. The summed E-state index contributed by atoms with van der Waals surface area (Å²) in [5.74, 6) is 1.59. The number of carboxylic acids is 1. The molecule has 1 atom stereocenters. The van der Waals surface area contributed by atoms with Crippen molar-refractivity contribution in [2.75, 3.05) is 19.8 Å². The third-order valence-corrected chi connectivity index (χ3v) is 7.68. The Balaban J connectivity index is 1.37. The van der Waals surface area contributed by atoms with Gasteiger partial charge in [-0.25, -0.2) is 0 Å². The minimum absolute atomic E-state index is 0.188. The van der Waals surface area contributed by atoms with Crippen LogP contribution < -0.4 is 30.0 Å². The second-order valence-electron chi connectivity index (χ2n) is 10.7. The van der Waals surface area contributed by atoms with Crippen LogP contribution in [0.5, 0.6) is 23.0 Å². The van der Waals surface area contributed by atoms with Crippen molar-refractivity contribution in [3.8, 4) is 34.1 Å². The van der Waals surface area contributed by atoms with Crippen LogP contribution in [0, 0.1) is 13.8 Å². The Bertz CT molecular complexity index is 1620. The van der Waals surface area contributed by atoms with Crippen molar-refractivity contribution < 1.29 is 34.0 Å². The molecular weight excluding hydrogens is 560 g/mol. The SMILES string of the molecule is Cc1cc(CN[C@H](CO)C(=O)O)c(OCc2cccc(CN)c2)cc1OCc1cccc(-c2ccc3c(c2)OCCO3)c1C. The van der Waals surface area contributed by atoms with E-state index in [2.05, 4.69) is 18.3 Å². The monoisotopic (exact) mass is 598 g/mol. The number of hydrogen-bond acceptors (Lipinski definition) is 8. The summed E-state index contributed by atoms with van der Waals surface area (Å²) in [4.78, 5) is 11.5. The lowest BCUT2D eigenvalue weighted by atomic mass is 9.96. The van der Waals surface area contributed by atoms with E-state index in [4.69, 9.17) is 24.7 Å². The number of ether oxygens (including phenoxy) is 4. The van der Waals surface area contributed by atoms with Gasteiger partial charge < -0.3 is 34.9 Å². The second-order valence-corrected chi connectivity index (χ2v) is 10.7. The number of rotatable bonds is 13. The van der Waals surface area contributed by atoms with E-state index < -0.39 is 18.6 Å². The van der Waals surface area contributed by atoms with Crippen molar-refractivity contribution in [3.05, 3.63) is 106 Å². The molecule has 0 aromatic heterocycles. The maximum Gasteiger partial charge on any atom is 0.323 e. The highest BCUT2D eigenvalue weighted by Crippen LogP contribution is 2.37. The molecule has 0 unspecified atom stereocenters. The molecule has 0 fully saturated rings. The first-order chi connectivity index (χ1) is 21.4. The minimum atomic E-state index is -1.13. The van der Waals surface area contributed by atoms with Gasteiger partial charge in [-0.05, 0) is 71.0 Å². The van der Waals surface area contributed by atoms with Gasteiger partial charge in [0.25, 0.3) is 0 Å². The zero-order valence-corrected chi connectivity index (χ0v) is 25.0. The highest BCUT2D eigenvalue weighted by Gasteiger charge is 2.18. The first-order valence-electron chi connectivity index (χ1n) is 14.6. The largest absolute Gasteiger partial charge is 0.488 e. The molecule has 9 nitrogen and oxygen atoms in total. The number of fused-ring (bicyclic) bond motifs is 1. The van der Waals surface area contributed by atoms with Gasteiger partial charge in [0, 0.05) is 24.7 Å². The molecule has 0 spiro atoms. The lowest BCUT2D eigenvalue weighted by Gasteiger charge is -2.20. The topological polar surface area (TPSA) is 132 Å². The van der Waals surface area contributed by atoms with Crippen molar-refractivity contribution in [2.45, 2.75) is 46.2 Å². The van der Waals surface area contributed by atoms with E-state index in [1.54, 1.807) is 0 Å². The average molecular weight is 599 g/mol. The maximum atomic E-state index is 11.5. The van der Waals surface area contributed by atoms with Crippen LogP contribution in [-0.2, 0) is 31.1 Å². The maximum absolute atomic E-state index is 11.5. The number of aliphatic hydroxyl groups is 1. The fourth-order valence-electron chi connectivity index (χ4n) is 5.15. The first kappa shape index (κ1) is 30.9. The standard InChI is InChI=1S/C35H38N2O7/c1-22-13-28(18-37-30(19-38)35(39)40)33(43-20-25-6-3-5-24(14-25)17-36)16-32(22)44-21-27-7-4-8-29(23(27)2)26-9-10-31-34(15-26)42-12-11-41-31/h3-10,13-16,30,37-38H,11-12,17-21,36H2,1-2H3,(H,39,40)/t30-/m1/s1. The Morgan fingerprint density at radius 2 is 1.64 bits per heavy atom. The molecule has 0 saturated carbocycles. The summed E-state index contributed by atoms with van der Waals surface area (Å²) in [6.07, 6.45) is 0. The van der Waals surface area contributed by atoms with Crippen molar-refractivity contribution in [3.63, 3.8) is 0 Å². The Hall–Kier alpha value is -4.57. The molecule has 9 heteroatoms. The minimum Gasteiger partial charge on any atom is -0.488 e. The van der Waals surface area contributed by atoms with Crippen LogP contribution in [0.3, 0.4) is 0 Å². The average Bonchev–Trinajstić information content (AvgIpc) is 3.04. The van der Waals surface area contributed by atoms with Crippen molar-refractivity contribution in [2.24, 2.45) is 5.73 Å². The zero-order valence-electron chi connectivity index (χ0n) is 25.0. The van der Waals surface area contributed by atoms with E-state index >= 15 is 0 Å². The summed E-state index contributed by atoms with van der Waals surface area (Å²) in [5, 5.41) is 21.7. The van der Waals surface area contributed by atoms with Crippen LogP contribution in [0.2, 0.25) is 0 Å². The highest BCUT2D eigenvalue weighted by atomic mass is 16.6. The molecule has 1 aliphatic heterocycles. The van der Waals surface area contributed by atoms with Gasteiger partial charge >= 0.3 is 5.97 Å². The Morgan fingerprint density at radius 1 is 0.886 bits per heavy atom. The van der Waals surface area contributed by atoms with Crippen LogP contribution in [-0.4, -0.2) is 42.0 Å². The van der Waals surface area contributed by atoms with Gasteiger partial charge in [0.05, 0.1) is 6.61 Å². The third kappa shape index (κ3) is 7.31. The summed E-state index contributed by atoms with van der Waals surface area (Å²) in [7, 11) is 0. The molecule has 0 radical (unpaired) electrons. The highest BCUT2D eigenvalue weighted by molar-refractivity contribution is 5.73. The van der Waals surface area contributed by atoms with Gasteiger partial charge in [0.2, 0.25) is 0 Å². The zero-order chi connectivity index (χ0) is 31.1. The molecular formula is C35H38N2O7. The van der Waals surface area contributed by atoms with E-state index in [1.165, 1.54) is 0 Å². The molecule has 4 aromatic rings. The van der Waals surface area contributed by atoms with Gasteiger partial charge in [-0.3, -0.25) is 10.1 Å². The quantitative estimate of drug-likeness (QED) is 0.170. The Kier molecular flexibility index (Phi) is 10.0. The van der Waals surface area contributed by atoms with E-state index in [0.29, 0.717) is 44.5 Å². The van der Waals surface area contributed by atoms with Gasteiger partial charge in [-0.15, -0.1) is 0 Å². The molecule has 0 aliphatic carbocycles. The predicted molar refractivity (Wildman–Crippen MR) is 167 cm³/mol. The van der Waals surface area contributed by atoms with Gasteiger partial charge in [-0.2, -0.15) is 0 Å². The van der Waals surface area contributed by atoms with Crippen LogP contribution in [0.25, 0.3) is 11.1 Å². The summed E-state index contributed by atoms with van der Waals surface area (Å²) < 4.78 is 24.1. The van der Waals surface area contributed by atoms with Crippen molar-refractivity contribution >= 4 is 5.97 Å². The number of benzene rings is 4. The summed E-state index contributed by atoms with van der Waals surface area (Å²) in [6, 6.07) is 22.7. The van der Waals surface area contributed by atoms with Crippen LogP contribution >= 0.6 is 0 Å². The molecule has 5 N–H and O–H groups in total. The van der Waals surface area contributed by atoms with Gasteiger partial charge in [0.15, 0.2) is 11.5 Å². The molecule has 0 bridgehead atoms. The Labute approximate surface area is 257 Å². The molecule has 0 saturated heterocycles. The number of aryl methyl sites for hydroxylation is 1. The molecule has 44 heavy (non-hydrogen) atoms. The number of aliphatic hydroxyl groups excluding tert-OH is 1. The number of carboxylic acid groups (broad SMARTS) is 1. The number of nitrogens with two attached hydrogens (primary N) is 1.